The smallest absolute Gasteiger partial charge is 0.408 e. The Labute approximate surface area is 110 Å². The minimum Gasteiger partial charge on any atom is -0.408 e. The summed E-state index contributed by atoms with van der Waals surface area (Å²) in [6.07, 6.45) is 1.62. The van der Waals surface area contributed by atoms with E-state index in [0.29, 0.717) is 22.0 Å². The van der Waals surface area contributed by atoms with Crippen molar-refractivity contribution in [3.05, 3.63) is 44.3 Å². The van der Waals surface area contributed by atoms with Crippen molar-refractivity contribution >= 4 is 39.7 Å². The molecule has 92 valence electrons. The summed E-state index contributed by atoms with van der Waals surface area (Å²) in [6, 6.07) is 5.40. The van der Waals surface area contributed by atoms with Crippen LogP contribution in [0, 0.1) is 0 Å². The Hall–Kier alpha value is -1.79. The van der Waals surface area contributed by atoms with Crippen molar-refractivity contribution in [1.29, 1.82) is 0 Å². The Balaban J connectivity index is 1.80. The van der Waals surface area contributed by atoms with E-state index in [1.807, 2.05) is 12.1 Å². The SMILES string of the molecule is O=c1[nH]c2cc(NCc3ncc(Cl)s3)ccc2o1. The van der Waals surface area contributed by atoms with Gasteiger partial charge in [0, 0.05) is 5.69 Å². The van der Waals surface area contributed by atoms with Gasteiger partial charge in [0.25, 0.3) is 0 Å². The first-order chi connectivity index (χ1) is 8.70. The molecule has 0 saturated carbocycles. The molecule has 3 rings (SSSR count). The number of anilines is 1. The van der Waals surface area contributed by atoms with E-state index in [1.54, 1.807) is 12.3 Å². The van der Waals surface area contributed by atoms with E-state index in [-0.39, 0.29) is 0 Å². The zero-order chi connectivity index (χ0) is 12.5. The van der Waals surface area contributed by atoms with Crippen molar-refractivity contribution in [2.75, 3.05) is 5.32 Å². The van der Waals surface area contributed by atoms with Gasteiger partial charge in [0.15, 0.2) is 5.58 Å². The number of hydrogen-bond donors (Lipinski definition) is 2. The second-order valence-electron chi connectivity index (χ2n) is 3.64. The van der Waals surface area contributed by atoms with Crippen LogP contribution in [-0.4, -0.2) is 9.97 Å². The maximum Gasteiger partial charge on any atom is 0.417 e. The van der Waals surface area contributed by atoms with Gasteiger partial charge < -0.3 is 9.73 Å². The lowest BCUT2D eigenvalue weighted by molar-refractivity contribution is 0.555. The van der Waals surface area contributed by atoms with E-state index in [9.17, 15) is 4.79 Å². The number of thiazole rings is 1. The molecule has 0 spiro atoms. The first-order valence-corrected chi connectivity index (χ1v) is 6.37. The van der Waals surface area contributed by atoms with Gasteiger partial charge in [-0.3, -0.25) is 4.98 Å². The number of nitrogens with zero attached hydrogens (tertiary/aromatic N) is 1. The van der Waals surface area contributed by atoms with Crippen LogP contribution in [0.25, 0.3) is 11.1 Å². The Morgan fingerprint density at radius 2 is 2.39 bits per heavy atom. The number of rotatable bonds is 3. The first-order valence-electron chi connectivity index (χ1n) is 5.18. The monoisotopic (exact) mass is 281 g/mol. The van der Waals surface area contributed by atoms with Crippen molar-refractivity contribution in [3.63, 3.8) is 0 Å². The lowest BCUT2D eigenvalue weighted by atomic mass is 10.3. The summed E-state index contributed by atoms with van der Waals surface area (Å²) < 4.78 is 5.59. The van der Waals surface area contributed by atoms with Crippen LogP contribution in [0.15, 0.2) is 33.6 Å². The molecule has 7 heteroatoms. The third-order valence-electron chi connectivity index (χ3n) is 2.39. The van der Waals surface area contributed by atoms with E-state index in [0.717, 1.165) is 10.7 Å². The summed E-state index contributed by atoms with van der Waals surface area (Å²) in [5.74, 6) is -0.450. The van der Waals surface area contributed by atoms with Gasteiger partial charge in [-0.05, 0) is 18.2 Å². The van der Waals surface area contributed by atoms with Crippen LogP contribution in [0.5, 0.6) is 0 Å². The zero-order valence-corrected chi connectivity index (χ0v) is 10.6. The van der Waals surface area contributed by atoms with E-state index < -0.39 is 5.76 Å². The predicted molar refractivity (Wildman–Crippen MR) is 71.3 cm³/mol. The fourth-order valence-electron chi connectivity index (χ4n) is 1.61. The largest absolute Gasteiger partial charge is 0.417 e. The van der Waals surface area contributed by atoms with Gasteiger partial charge >= 0.3 is 5.76 Å². The number of aromatic amines is 1. The molecule has 18 heavy (non-hydrogen) atoms. The fourth-order valence-corrected chi connectivity index (χ4v) is 2.51. The molecule has 5 nitrogen and oxygen atoms in total. The lowest BCUT2D eigenvalue weighted by Crippen LogP contribution is -1.98. The van der Waals surface area contributed by atoms with Gasteiger partial charge in [-0.25, -0.2) is 9.78 Å². The molecule has 2 N–H and O–H groups in total. The second kappa shape index (κ2) is 4.47. The highest BCUT2D eigenvalue weighted by atomic mass is 35.5. The molecule has 0 radical (unpaired) electrons. The summed E-state index contributed by atoms with van der Waals surface area (Å²) in [5.41, 5.74) is 2.09. The molecule has 0 bridgehead atoms. The summed E-state index contributed by atoms with van der Waals surface area (Å²) in [7, 11) is 0. The van der Waals surface area contributed by atoms with Crippen molar-refractivity contribution in [2.45, 2.75) is 6.54 Å². The van der Waals surface area contributed by atoms with Crippen LogP contribution in [-0.2, 0) is 6.54 Å². The number of hydrogen-bond acceptors (Lipinski definition) is 5. The molecular formula is C11H8ClN3O2S. The van der Waals surface area contributed by atoms with Crippen LogP contribution < -0.4 is 11.1 Å². The van der Waals surface area contributed by atoms with E-state index in [4.69, 9.17) is 16.0 Å². The van der Waals surface area contributed by atoms with Crippen LogP contribution in [0.2, 0.25) is 4.34 Å². The van der Waals surface area contributed by atoms with Gasteiger partial charge in [0.2, 0.25) is 0 Å². The average molecular weight is 282 g/mol. The molecule has 3 aromatic rings. The van der Waals surface area contributed by atoms with Gasteiger partial charge in [-0.1, -0.05) is 11.6 Å². The number of oxazole rings is 1. The highest BCUT2D eigenvalue weighted by molar-refractivity contribution is 7.15. The molecule has 0 aliphatic heterocycles. The zero-order valence-electron chi connectivity index (χ0n) is 9.07. The van der Waals surface area contributed by atoms with Crippen molar-refractivity contribution < 1.29 is 4.42 Å². The van der Waals surface area contributed by atoms with Gasteiger partial charge in [0.05, 0.1) is 18.3 Å². The van der Waals surface area contributed by atoms with Crippen molar-refractivity contribution in [3.8, 4) is 0 Å². The Kier molecular flexibility index (Phi) is 2.81. The highest BCUT2D eigenvalue weighted by Crippen LogP contribution is 2.20. The average Bonchev–Trinajstić information content (AvgIpc) is 2.90. The molecule has 0 fully saturated rings. The van der Waals surface area contributed by atoms with Gasteiger partial charge in [-0.15, -0.1) is 11.3 Å². The molecule has 0 amide bonds. The van der Waals surface area contributed by atoms with Gasteiger partial charge in [-0.2, -0.15) is 0 Å². The highest BCUT2D eigenvalue weighted by Gasteiger charge is 2.03. The normalized spacial score (nSPS) is 10.9. The second-order valence-corrected chi connectivity index (χ2v) is 5.38. The molecule has 2 aromatic heterocycles. The number of fused-ring (bicyclic) bond motifs is 1. The Morgan fingerprint density at radius 3 is 3.17 bits per heavy atom. The maximum absolute atomic E-state index is 11.0. The van der Waals surface area contributed by atoms with E-state index >= 15 is 0 Å². The number of H-pyrrole nitrogens is 1. The number of benzene rings is 1. The first kappa shape index (κ1) is 11.3. The molecular weight excluding hydrogens is 274 g/mol. The summed E-state index contributed by atoms with van der Waals surface area (Å²) in [4.78, 5) is 17.8. The molecule has 1 aromatic carbocycles. The minimum absolute atomic E-state index is 0.450. The Bertz CT molecular complexity index is 746. The number of halogens is 1. The van der Waals surface area contributed by atoms with Crippen LogP contribution in [0.3, 0.4) is 0 Å². The minimum atomic E-state index is -0.450. The Morgan fingerprint density at radius 1 is 1.50 bits per heavy atom. The van der Waals surface area contributed by atoms with Gasteiger partial charge in [0.1, 0.15) is 9.34 Å². The summed E-state index contributed by atoms with van der Waals surface area (Å²) >= 11 is 7.23. The third kappa shape index (κ3) is 2.25. The van der Waals surface area contributed by atoms with Crippen molar-refractivity contribution in [2.24, 2.45) is 0 Å². The number of nitrogens with one attached hydrogen (secondary N) is 2. The fraction of sp³-hybridized carbons (Fsp3) is 0.0909. The van der Waals surface area contributed by atoms with Crippen LogP contribution >= 0.6 is 22.9 Å². The maximum atomic E-state index is 11.0. The molecule has 2 heterocycles. The van der Waals surface area contributed by atoms with E-state index in [1.165, 1.54) is 11.3 Å². The van der Waals surface area contributed by atoms with Crippen LogP contribution in [0.1, 0.15) is 5.01 Å². The molecule has 0 atom stereocenters. The molecule has 0 unspecified atom stereocenters. The quantitative estimate of drug-likeness (QED) is 0.774. The third-order valence-corrected chi connectivity index (χ3v) is 3.50. The molecule has 0 aliphatic rings. The summed E-state index contributed by atoms with van der Waals surface area (Å²) in [6.45, 7) is 0.588. The standard InChI is InChI=1S/C11H8ClN3O2S/c12-9-4-14-10(18-9)5-13-6-1-2-8-7(3-6)15-11(16)17-8/h1-4,13H,5H2,(H,15,16). The van der Waals surface area contributed by atoms with Crippen molar-refractivity contribution in [1.82, 2.24) is 9.97 Å². The predicted octanol–water partition coefficient (Wildman–Crippen LogP) is 2.84. The molecule has 0 saturated heterocycles. The number of aromatic nitrogens is 2. The topological polar surface area (TPSA) is 70.9 Å². The van der Waals surface area contributed by atoms with Crippen LogP contribution in [0.4, 0.5) is 5.69 Å². The molecule has 0 aliphatic carbocycles. The van der Waals surface area contributed by atoms with E-state index in [2.05, 4.69) is 15.3 Å². The summed E-state index contributed by atoms with van der Waals surface area (Å²) in [5, 5.41) is 4.10. The lowest BCUT2D eigenvalue weighted by Gasteiger charge is -2.03.